The summed E-state index contributed by atoms with van der Waals surface area (Å²) in [4.78, 5) is 24.6. The van der Waals surface area contributed by atoms with Gasteiger partial charge in [0.1, 0.15) is 11.3 Å². The van der Waals surface area contributed by atoms with Crippen molar-refractivity contribution in [2.24, 2.45) is 0 Å². The number of rotatable bonds is 7. The summed E-state index contributed by atoms with van der Waals surface area (Å²) in [5, 5.41) is 8.99. The number of imidazole rings is 1. The minimum Gasteiger partial charge on any atom is -0.397 e. The number of benzene rings is 2. The number of carbonyl (C=O) groups is 1. The summed E-state index contributed by atoms with van der Waals surface area (Å²) in [6.45, 7) is 3.24. The molecule has 0 saturated carbocycles. The molecule has 1 fully saturated rings. The number of hydrogen-bond acceptors (Lipinski definition) is 7. The number of pyridine rings is 1. The van der Waals surface area contributed by atoms with E-state index in [0.29, 0.717) is 16.9 Å². The lowest BCUT2D eigenvalue weighted by Crippen LogP contribution is -2.18. The average molecular weight is 510 g/mol. The van der Waals surface area contributed by atoms with Gasteiger partial charge in [-0.2, -0.15) is 0 Å². The van der Waals surface area contributed by atoms with Gasteiger partial charge in [-0.15, -0.1) is 11.3 Å². The zero-order valence-corrected chi connectivity index (χ0v) is 21.0. The predicted molar refractivity (Wildman–Crippen MR) is 149 cm³/mol. The van der Waals surface area contributed by atoms with Crippen LogP contribution in [0.25, 0.3) is 17.0 Å². The van der Waals surface area contributed by atoms with E-state index in [4.69, 9.17) is 15.7 Å². The average Bonchev–Trinajstić information content (AvgIpc) is 3.67. The highest BCUT2D eigenvalue weighted by atomic mass is 32.1. The van der Waals surface area contributed by atoms with Gasteiger partial charge < -0.3 is 16.4 Å². The van der Waals surface area contributed by atoms with Gasteiger partial charge in [-0.05, 0) is 68.4 Å². The van der Waals surface area contributed by atoms with Gasteiger partial charge in [0.2, 0.25) is 0 Å². The summed E-state index contributed by atoms with van der Waals surface area (Å²) in [7, 11) is 0. The number of nitrogens with zero attached hydrogens (tertiary/aromatic N) is 4. The number of fused-ring (bicyclic) bond motifs is 1. The molecular formula is C28H27N7OS. The van der Waals surface area contributed by atoms with Crippen molar-refractivity contribution in [1.29, 1.82) is 0 Å². The fraction of sp³-hybridized carbons (Fsp3) is 0.179. The lowest BCUT2D eigenvalue weighted by atomic mass is 10.2. The van der Waals surface area contributed by atoms with Crippen LogP contribution in [0.3, 0.4) is 0 Å². The Hall–Kier alpha value is -4.21. The van der Waals surface area contributed by atoms with E-state index in [0.717, 1.165) is 47.5 Å². The van der Waals surface area contributed by atoms with E-state index in [1.807, 2.05) is 42.0 Å². The Bertz CT molecular complexity index is 1550. The Kier molecular flexibility index (Phi) is 6.30. The molecule has 1 saturated heterocycles. The van der Waals surface area contributed by atoms with E-state index in [1.165, 1.54) is 29.7 Å². The molecule has 186 valence electrons. The topological polar surface area (TPSA) is 101 Å². The Morgan fingerprint density at radius 2 is 1.84 bits per heavy atom. The zero-order chi connectivity index (χ0) is 25.2. The minimum atomic E-state index is -0.210. The van der Waals surface area contributed by atoms with Crippen molar-refractivity contribution in [2.75, 3.05) is 29.5 Å². The molecule has 0 spiro atoms. The van der Waals surface area contributed by atoms with Gasteiger partial charge in [0.25, 0.3) is 5.91 Å². The van der Waals surface area contributed by atoms with Gasteiger partial charge in [0.05, 0.1) is 23.3 Å². The molecule has 6 rings (SSSR count). The lowest BCUT2D eigenvalue weighted by Gasteiger charge is -2.15. The third-order valence-electron chi connectivity index (χ3n) is 6.58. The molecule has 0 unspecified atom stereocenters. The van der Waals surface area contributed by atoms with Crippen LogP contribution in [0, 0.1) is 0 Å². The summed E-state index contributed by atoms with van der Waals surface area (Å²) >= 11 is 1.53. The summed E-state index contributed by atoms with van der Waals surface area (Å²) in [5.74, 6) is -0.210. The normalized spacial score (nSPS) is 13.7. The molecule has 4 heterocycles. The van der Waals surface area contributed by atoms with Crippen molar-refractivity contribution in [3.63, 3.8) is 0 Å². The van der Waals surface area contributed by atoms with Crippen LogP contribution < -0.4 is 16.4 Å². The fourth-order valence-electron chi connectivity index (χ4n) is 4.65. The molecule has 0 bridgehead atoms. The Balaban J connectivity index is 1.15. The number of para-hydroxylation sites is 2. The van der Waals surface area contributed by atoms with Gasteiger partial charge in [-0.3, -0.25) is 14.1 Å². The molecule has 2 aromatic carbocycles. The van der Waals surface area contributed by atoms with Crippen molar-refractivity contribution in [3.05, 3.63) is 89.6 Å². The third-order valence-corrected chi connectivity index (χ3v) is 7.34. The number of amides is 1. The molecular weight excluding hydrogens is 482 g/mol. The van der Waals surface area contributed by atoms with Crippen LogP contribution in [-0.2, 0) is 6.54 Å². The maximum atomic E-state index is 12.6. The Morgan fingerprint density at radius 1 is 1.03 bits per heavy atom. The second kappa shape index (κ2) is 10.0. The summed E-state index contributed by atoms with van der Waals surface area (Å²) in [6, 6.07) is 18.7. The smallest absolute Gasteiger partial charge is 0.255 e. The first kappa shape index (κ1) is 23.2. The molecule has 1 amide bonds. The zero-order valence-electron chi connectivity index (χ0n) is 20.2. The van der Waals surface area contributed by atoms with E-state index in [1.54, 1.807) is 24.3 Å². The summed E-state index contributed by atoms with van der Waals surface area (Å²) in [6.07, 6.45) is 6.49. The number of carbonyl (C=O) groups excluding carboxylic acids is 1. The Morgan fingerprint density at radius 3 is 2.65 bits per heavy atom. The van der Waals surface area contributed by atoms with Crippen molar-refractivity contribution in [2.45, 2.75) is 19.4 Å². The van der Waals surface area contributed by atoms with Gasteiger partial charge >= 0.3 is 0 Å². The van der Waals surface area contributed by atoms with Crippen LogP contribution in [0.1, 0.15) is 28.8 Å². The van der Waals surface area contributed by atoms with Gasteiger partial charge in [-0.25, -0.2) is 9.97 Å². The molecule has 37 heavy (non-hydrogen) atoms. The van der Waals surface area contributed by atoms with Crippen LogP contribution >= 0.6 is 11.3 Å². The van der Waals surface area contributed by atoms with Crippen molar-refractivity contribution in [1.82, 2.24) is 19.3 Å². The summed E-state index contributed by atoms with van der Waals surface area (Å²) in [5.41, 5.74) is 12.5. The van der Waals surface area contributed by atoms with Crippen molar-refractivity contribution >= 4 is 45.1 Å². The van der Waals surface area contributed by atoms with E-state index in [9.17, 15) is 4.79 Å². The highest BCUT2D eigenvalue weighted by Crippen LogP contribution is 2.29. The van der Waals surface area contributed by atoms with E-state index < -0.39 is 0 Å². The number of nitrogens with two attached hydrogens (primary N) is 1. The summed E-state index contributed by atoms with van der Waals surface area (Å²) < 4.78 is 2.12. The van der Waals surface area contributed by atoms with Crippen molar-refractivity contribution < 1.29 is 4.79 Å². The fourth-order valence-corrected chi connectivity index (χ4v) is 5.37. The number of likely N-dealkylation sites (tertiary alicyclic amines) is 1. The molecule has 9 heteroatoms. The quantitative estimate of drug-likeness (QED) is 0.246. The number of nitrogens with one attached hydrogen (secondary N) is 2. The first-order valence-corrected chi connectivity index (χ1v) is 13.2. The number of nitrogen functional groups attached to an aromatic ring is 1. The third kappa shape index (κ3) is 4.91. The molecule has 0 radical (unpaired) electrons. The van der Waals surface area contributed by atoms with Gasteiger partial charge in [0, 0.05) is 34.9 Å². The van der Waals surface area contributed by atoms with Gasteiger partial charge in [0.15, 0.2) is 5.13 Å². The van der Waals surface area contributed by atoms with Gasteiger partial charge in [-0.1, -0.05) is 18.2 Å². The first-order valence-electron chi connectivity index (χ1n) is 12.3. The monoisotopic (exact) mass is 509 g/mol. The molecule has 0 atom stereocenters. The van der Waals surface area contributed by atoms with Crippen LogP contribution in [0.2, 0.25) is 0 Å². The number of aromatic nitrogens is 3. The largest absolute Gasteiger partial charge is 0.397 e. The second-order valence-electron chi connectivity index (χ2n) is 9.14. The Labute approximate surface area is 218 Å². The van der Waals surface area contributed by atoms with Crippen molar-refractivity contribution in [3.8, 4) is 11.4 Å². The highest BCUT2D eigenvalue weighted by molar-refractivity contribution is 7.14. The number of thiazole rings is 1. The molecule has 1 aliphatic heterocycles. The van der Waals surface area contributed by atoms with E-state index >= 15 is 0 Å². The van der Waals surface area contributed by atoms with E-state index in [-0.39, 0.29) is 5.91 Å². The minimum absolute atomic E-state index is 0.210. The standard InChI is InChI=1S/C28H27N7OS/c29-22-7-1-2-8-23(22)32-27(36)19-9-11-21(12-10-19)31-28-33-24(18-37-28)25-16-30-26-20(6-5-15-35(25)26)17-34-13-3-4-14-34/h1-2,5-12,15-16,18H,3-4,13-14,17,29H2,(H,31,33)(H,32,36). The van der Waals surface area contributed by atoms with Crippen LogP contribution in [-0.4, -0.2) is 38.3 Å². The number of hydrogen-bond donors (Lipinski definition) is 3. The van der Waals surface area contributed by atoms with Crippen LogP contribution in [0.4, 0.5) is 22.2 Å². The molecule has 0 aliphatic carbocycles. The van der Waals surface area contributed by atoms with E-state index in [2.05, 4.69) is 32.1 Å². The molecule has 4 N–H and O–H groups in total. The molecule has 5 aromatic rings. The lowest BCUT2D eigenvalue weighted by molar-refractivity contribution is 0.102. The van der Waals surface area contributed by atoms with Crippen LogP contribution in [0.5, 0.6) is 0 Å². The highest BCUT2D eigenvalue weighted by Gasteiger charge is 2.16. The SMILES string of the molecule is Nc1ccccc1NC(=O)c1ccc(Nc2nc(-c3cnc4c(CN5CCCC5)cccn34)cs2)cc1. The maximum Gasteiger partial charge on any atom is 0.255 e. The first-order chi connectivity index (χ1) is 18.1. The maximum absolute atomic E-state index is 12.6. The number of anilines is 4. The molecule has 3 aromatic heterocycles. The molecule has 8 nitrogen and oxygen atoms in total. The second-order valence-corrected chi connectivity index (χ2v) is 9.99. The van der Waals surface area contributed by atoms with Crippen LogP contribution in [0.15, 0.2) is 78.4 Å². The molecule has 1 aliphatic rings. The predicted octanol–water partition coefficient (Wildman–Crippen LogP) is 5.63.